The summed E-state index contributed by atoms with van der Waals surface area (Å²) in [5.41, 5.74) is 0.904. The molecule has 1 saturated heterocycles. The van der Waals surface area contributed by atoms with Gasteiger partial charge in [-0.05, 0) is 36.2 Å². The second-order valence-electron chi connectivity index (χ2n) is 7.53. The fraction of sp³-hybridized carbons (Fsp3) is 0.360. The highest BCUT2D eigenvalue weighted by Crippen LogP contribution is 2.43. The molecule has 1 heterocycles. The minimum absolute atomic E-state index is 0.00760. The van der Waals surface area contributed by atoms with Gasteiger partial charge < -0.3 is 29.0 Å². The second kappa shape index (κ2) is 10.3. The Labute approximate surface area is 193 Å². The van der Waals surface area contributed by atoms with Crippen LogP contribution in [0.15, 0.2) is 42.0 Å². The Hall–Kier alpha value is -3.68. The van der Waals surface area contributed by atoms with Crippen molar-refractivity contribution in [3.05, 3.63) is 53.1 Å². The van der Waals surface area contributed by atoms with Gasteiger partial charge in [-0.1, -0.05) is 19.4 Å². The zero-order valence-electron chi connectivity index (χ0n) is 19.5. The summed E-state index contributed by atoms with van der Waals surface area (Å²) in [6, 6.07) is 9.25. The summed E-state index contributed by atoms with van der Waals surface area (Å²) in [5, 5.41) is 11.3. The summed E-state index contributed by atoms with van der Waals surface area (Å²) in [5.74, 6) is 0.104. The van der Waals surface area contributed by atoms with E-state index in [1.54, 1.807) is 36.4 Å². The molecule has 2 aromatic carbocycles. The van der Waals surface area contributed by atoms with Crippen molar-refractivity contribution < 1.29 is 33.6 Å². The Morgan fingerprint density at radius 3 is 2.21 bits per heavy atom. The Morgan fingerprint density at radius 2 is 1.61 bits per heavy atom. The lowest BCUT2D eigenvalue weighted by Gasteiger charge is -2.26. The quantitative estimate of drug-likeness (QED) is 0.348. The lowest BCUT2D eigenvalue weighted by Crippen LogP contribution is -2.30. The van der Waals surface area contributed by atoms with Crippen LogP contribution in [0.5, 0.6) is 23.0 Å². The van der Waals surface area contributed by atoms with Crippen LogP contribution < -0.4 is 18.9 Å². The van der Waals surface area contributed by atoms with Gasteiger partial charge in [0.1, 0.15) is 17.3 Å². The molecule has 33 heavy (non-hydrogen) atoms. The Morgan fingerprint density at radius 1 is 0.909 bits per heavy atom. The fourth-order valence-electron chi connectivity index (χ4n) is 3.95. The molecule has 0 aliphatic carbocycles. The van der Waals surface area contributed by atoms with Crippen LogP contribution in [-0.4, -0.2) is 56.7 Å². The zero-order valence-corrected chi connectivity index (χ0v) is 19.5. The van der Waals surface area contributed by atoms with E-state index in [9.17, 15) is 14.7 Å². The Kier molecular flexibility index (Phi) is 7.48. The van der Waals surface area contributed by atoms with Gasteiger partial charge in [0.15, 0.2) is 11.5 Å². The van der Waals surface area contributed by atoms with E-state index >= 15 is 0 Å². The van der Waals surface area contributed by atoms with Crippen LogP contribution in [0.2, 0.25) is 0 Å². The van der Waals surface area contributed by atoms with Crippen LogP contribution in [0.1, 0.15) is 36.9 Å². The summed E-state index contributed by atoms with van der Waals surface area (Å²) < 4.78 is 21.4. The van der Waals surface area contributed by atoms with Gasteiger partial charge >= 0.3 is 0 Å². The summed E-state index contributed by atoms with van der Waals surface area (Å²) >= 11 is 0. The molecule has 0 spiro atoms. The van der Waals surface area contributed by atoms with Gasteiger partial charge in [-0.2, -0.15) is 0 Å². The van der Waals surface area contributed by atoms with E-state index in [2.05, 4.69) is 0 Å². The standard InChI is InChI=1S/C25H29NO7/c1-6-7-12-26-22(15-8-11-18(31-3)20(13-15)33-5)21(24(28)25(26)29)23(27)17-10-9-16(30-2)14-19(17)32-4/h8-11,13-14,22,27H,6-7,12H2,1-5H3/b23-21+. The number of nitrogens with zero attached hydrogens (tertiary/aromatic N) is 1. The summed E-state index contributed by atoms with van der Waals surface area (Å²) in [6.45, 7) is 2.38. The summed E-state index contributed by atoms with van der Waals surface area (Å²) in [7, 11) is 6.01. The van der Waals surface area contributed by atoms with E-state index in [4.69, 9.17) is 18.9 Å². The number of hydrogen-bond acceptors (Lipinski definition) is 7. The molecule has 8 heteroatoms. The maximum atomic E-state index is 13.1. The van der Waals surface area contributed by atoms with Crippen molar-refractivity contribution in [1.82, 2.24) is 4.90 Å². The number of rotatable bonds is 9. The number of Topliss-reactive ketones (excluding diaryl/α,β-unsaturated/α-hetero) is 1. The molecule has 1 unspecified atom stereocenters. The third kappa shape index (κ3) is 4.46. The minimum Gasteiger partial charge on any atom is -0.507 e. The number of ketones is 1. The van der Waals surface area contributed by atoms with Crippen molar-refractivity contribution in [2.45, 2.75) is 25.8 Å². The molecule has 1 aliphatic rings. The number of carbonyl (C=O) groups is 2. The molecule has 2 aromatic rings. The summed E-state index contributed by atoms with van der Waals surface area (Å²) in [6.07, 6.45) is 1.55. The number of likely N-dealkylation sites (tertiary alicyclic amines) is 1. The van der Waals surface area contributed by atoms with E-state index in [-0.39, 0.29) is 16.9 Å². The first-order chi connectivity index (χ1) is 15.9. The number of hydrogen-bond donors (Lipinski definition) is 1. The summed E-state index contributed by atoms with van der Waals surface area (Å²) in [4.78, 5) is 27.6. The number of aliphatic hydroxyl groups excluding tert-OH is 1. The number of unbranched alkanes of at least 4 members (excludes halogenated alkanes) is 1. The third-order valence-corrected chi connectivity index (χ3v) is 5.68. The highest BCUT2D eigenvalue weighted by atomic mass is 16.5. The third-order valence-electron chi connectivity index (χ3n) is 5.68. The maximum absolute atomic E-state index is 13.1. The smallest absolute Gasteiger partial charge is 0.295 e. The molecule has 1 atom stereocenters. The van der Waals surface area contributed by atoms with Crippen molar-refractivity contribution in [2.24, 2.45) is 0 Å². The van der Waals surface area contributed by atoms with Gasteiger partial charge in [0.05, 0.1) is 45.6 Å². The van der Waals surface area contributed by atoms with E-state index in [0.29, 0.717) is 41.5 Å². The molecule has 8 nitrogen and oxygen atoms in total. The number of methoxy groups -OCH3 is 4. The first-order valence-corrected chi connectivity index (χ1v) is 10.6. The average Bonchev–Trinajstić information content (AvgIpc) is 3.10. The predicted octanol–water partition coefficient (Wildman–Crippen LogP) is 3.94. The second-order valence-corrected chi connectivity index (χ2v) is 7.53. The Bertz CT molecular complexity index is 1080. The van der Waals surface area contributed by atoms with Gasteiger partial charge in [0.2, 0.25) is 0 Å². The molecular weight excluding hydrogens is 426 g/mol. The van der Waals surface area contributed by atoms with Gasteiger partial charge in [-0.15, -0.1) is 0 Å². The van der Waals surface area contributed by atoms with E-state index in [1.807, 2.05) is 6.92 Å². The number of ether oxygens (including phenoxy) is 4. The molecule has 3 rings (SSSR count). The monoisotopic (exact) mass is 455 g/mol. The number of amides is 1. The lowest BCUT2D eigenvalue weighted by atomic mass is 9.94. The highest BCUT2D eigenvalue weighted by molar-refractivity contribution is 6.46. The molecule has 1 N–H and O–H groups in total. The first-order valence-electron chi connectivity index (χ1n) is 10.6. The SMILES string of the molecule is CCCCN1C(=O)C(=O)/C(=C(/O)c2ccc(OC)cc2OC)C1c1ccc(OC)c(OC)c1. The van der Waals surface area contributed by atoms with Gasteiger partial charge in [0.25, 0.3) is 11.7 Å². The van der Waals surface area contributed by atoms with Gasteiger partial charge in [0, 0.05) is 12.6 Å². The van der Waals surface area contributed by atoms with E-state index < -0.39 is 17.7 Å². The van der Waals surface area contributed by atoms with Crippen LogP contribution >= 0.6 is 0 Å². The highest BCUT2D eigenvalue weighted by Gasteiger charge is 2.46. The number of aliphatic hydroxyl groups is 1. The molecule has 1 amide bonds. The van der Waals surface area contributed by atoms with Crippen molar-refractivity contribution in [3.8, 4) is 23.0 Å². The molecule has 0 radical (unpaired) electrons. The van der Waals surface area contributed by atoms with Crippen molar-refractivity contribution in [3.63, 3.8) is 0 Å². The van der Waals surface area contributed by atoms with Crippen molar-refractivity contribution in [2.75, 3.05) is 35.0 Å². The average molecular weight is 456 g/mol. The van der Waals surface area contributed by atoms with Crippen LogP contribution in [-0.2, 0) is 9.59 Å². The van der Waals surface area contributed by atoms with Gasteiger partial charge in [-0.3, -0.25) is 9.59 Å². The minimum atomic E-state index is -0.789. The maximum Gasteiger partial charge on any atom is 0.295 e. The van der Waals surface area contributed by atoms with Crippen LogP contribution in [0.25, 0.3) is 5.76 Å². The van der Waals surface area contributed by atoms with Crippen molar-refractivity contribution in [1.29, 1.82) is 0 Å². The van der Waals surface area contributed by atoms with Gasteiger partial charge in [-0.25, -0.2) is 0 Å². The number of carbonyl (C=O) groups excluding carboxylic acids is 2. The molecule has 1 fully saturated rings. The lowest BCUT2D eigenvalue weighted by molar-refractivity contribution is -0.139. The number of benzene rings is 2. The zero-order chi connectivity index (χ0) is 24.1. The molecule has 0 saturated carbocycles. The van der Waals surface area contributed by atoms with Crippen LogP contribution in [0.4, 0.5) is 0 Å². The molecular formula is C25H29NO7. The Balaban J connectivity index is 2.23. The van der Waals surface area contributed by atoms with Crippen LogP contribution in [0.3, 0.4) is 0 Å². The first kappa shape index (κ1) is 24.0. The van der Waals surface area contributed by atoms with Crippen molar-refractivity contribution >= 4 is 17.4 Å². The largest absolute Gasteiger partial charge is 0.507 e. The molecule has 1 aliphatic heterocycles. The molecule has 0 aromatic heterocycles. The van der Waals surface area contributed by atoms with Crippen LogP contribution in [0, 0.1) is 0 Å². The van der Waals surface area contributed by atoms with E-state index in [1.165, 1.54) is 33.3 Å². The topological polar surface area (TPSA) is 94.5 Å². The fourth-order valence-corrected chi connectivity index (χ4v) is 3.95. The molecule has 0 bridgehead atoms. The predicted molar refractivity (Wildman–Crippen MR) is 123 cm³/mol. The van der Waals surface area contributed by atoms with E-state index in [0.717, 1.165) is 6.42 Å². The normalized spacial score (nSPS) is 17.2. The molecule has 176 valence electrons.